The second-order valence-corrected chi connectivity index (χ2v) is 9.25. The summed E-state index contributed by atoms with van der Waals surface area (Å²) in [6, 6.07) is 7.20. The average Bonchev–Trinajstić information content (AvgIpc) is 3.38. The first kappa shape index (κ1) is 20.6. The van der Waals surface area contributed by atoms with Gasteiger partial charge in [0.1, 0.15) is 11.6 Å². The number of hydrogen-bond donors (Lipinski definition) is 1. The van der Waals surface area contributed by atoms with Crippen molar-refractivity contribution in [3.63, 3.8) is 0 Å². The average molecular weight is 427 g/mol. The van der Waals surface area contributed by atoms with Gasteiger partial charge in [-0.3, -0.25) is 9.59 Å². The molecule has 1 aromatic heterocycles. The van der Waals surface area contributed by atoms with Crippen LogP contribution in [0.4, 0.5) is 5.00 Å². The SMILES string of the molecule is Cc1sc(NC(=O)C2CC2)c(C(=O)OCc2ccc(C(=O)N3CCCC3)cc2)c1C. The third-order valence-electron chi connectivity index (χ3n) is 5.74. The summed E-state index contributed by atoms with van der Waals surface area (Å²) in [7, 11) is 0. The highest BCUT2D eigenvalue weighted by molar-refractivity contribution is 7.16. The molecule has 0 radical (unpaired) electrons. The molecule has 30 heavy (non-hydrogen) atoms. The minimum absolute atomic E-state index is 0.0245. The Bertz CT molecular complexity index is 970. The Morgan fingerprint density at radius 3 is 2.40 bits per heavy atom. The van der Waals surface area contributed by atoms with E-state index in [1.54, 1.807) is 12.1 Å². The maximum atomic E-state index is 12.8. The van der Waals surface area contributed by atoms with Crippen molar-refractivity contribution in [3.8, 4) is 0 Å². The number of amides is 2. The van der Waals surface area contributed by atoms with Crippen molar-refractivity contribution < 1.29 is 19.1 Å². The van der Waals surface area contributed by atoms with Crippen molar-refractivity contribution >= 4 is 34.1 Å². The third-order valence-corrected chi connectivity index (χ3v) is 6.86. The van der Waals surface area contributed by atoms with Crippen molar-refractivity contribution in [2.45, 2.75) is 46.1 Å². The molecule has 7 heteroatoms. The summed E-state index contributed by atoms with van der Waals surface area (Å²) in [4.78, 5) is 40.2. The van der Waals surface area contributed by atoms with E-state index in [9.17, 15) is 14.4 Å². The standard InChI is InChI=1S/C23H26N2O4S/c1-14-15(2)30-21(24-20(26)17-9-10-17)19(14)23(28)29-13-16-5-7-18(8-6-16)22(27)25-11-3-4-12-25/h5-8,17H,3-4,9-13H2,1-2H3,(H,24,26). The molecule has 1 aliphatic carbocycles. The van der Waals surface area contributed by atoms with Crippen LogP contribution < -0.4 is 5.32 Å². The van der Waals surface area contributed by atoms with Gasteiger partial charge in [0.25, 0.3) is 5.91 Å². The van der Waals surface area contributed by atoms with E-state index in [0.29, 0.717) is 16.1 Å². The molecular weight excluding hydrogens is 400 g/mol. The zero-order chi connectivity index (χ0) is 21.3. The molecule has 1 N–H and O–H groups in total. The molecule has 4 rings (SSSR count). The number of nitrogens with one attached hydrogen (secondary N) is 1. The molecule has 1 saturated heterocycles. The van der Waals surface area contributed by atoms with Gasteiger partial charge in [0, 0.05) is 29.4 Å². The van der Waals surface area contributed by atoms with Crippen LogP contribution in [0.2, 0.25) is 0 Å². The lowest BCUT2D eigenvalue weighted by atomic mass is 10.1. The quantitative estimate of drug-likeness (QED) is 0.699. The third kappa shape index (κ3) is 4.41. The molecule has 2 fully saturated rings. The summed E-state index contributed by atoms with van der Waals surface area (Å²) in [5.74, 6) is -0.349. The number of esters is 1. The van der Waals surface area contributed by atoms with Gasteiger partial charge in [0.2, 0.25) is 5.91 Å². The number of anilines is 1. The van der Waals surface area contributed by atoms with Crippen molar-refractivity contribution in [1.82, 2.24) is 4.90 Å². The van der Waals surface area contributed by atoms with Gasteiger partial charge in [0.05, 0.1) is 5.56 Å². The fourth-order valence-electron chi connectivity index (χ4n) is 3.59. The van der Waals surface area contributed by atoms with Gasteiger partial charge in [-0.2, -0.15) is 0 Å². The van der Waals surface area contributed by atoms with Crippen LogP contribution in [0.5, 0.6) is 0 Å². The topological polar surface area (TPSA) is 75.7 Å². The Morgan fingerprint density at radius 1 is 1.10 bits per heavy atom. The summed E-state index contributed by atoms with van der Waals surface area (Å²) in [5, 5.41) is 3.46. The van der Waals surface area contributed by atoms with E-state index in [0.717, 1.165) is 54.8 Å². The monoisotopic (exact) mass is 426 g/mol. The predicted octanol–water partition coefficient (Wildman–Crippen LogP) is 4.31. The van der Waals surface area contributed by atoms with Gasteiger partial charge in [-0.15, -0.1) is 11.3 Å². The number of nitrogens with zero attached hydrogens (tertiary/aromatic N) is 1. The van der Waals surface area contributed by atoms with Gasteiger partial charge >= 0.3 is 5.97 Å². The highest BCUT2D eigenvalue weighted by Crippen LogP contribution is 2.36. The van der Waals surface area contributed by atoms with Crippen LogP contribution in [0.25, 0.3) is 0 Å². The van der Waals surface area contributed by atoms with E-state index in [-0.39, 0.29) is 24.3 Å². The van der Waals surface area contributed by atoms with E-state index in [2.05, 4.69) is 5.32 Å². The smallest absolute Gasteiger partial charge is 0.341 e. The van der Waals surface area contributed by atoms with E-state index in [1.807, 2.05) is 30.9 Å². The van der Waals surface area contributed by atoms with Crippen LogP contribution in [-0.4, -0.2) is 35.8 Å². The Hall–Kier alpha value is -2.67. The molecule has 158 valence electrons. The van der Waals surface area contributed by atoms with E-state index < -0.39 is 5.97 Å². The van der Waals surface area contributed by atoms with E-state index >= 15 is 0 Å². The van der Waals surface area contributed by atoms with Crippen molar-refractivity contribution in [2.75, 3.05) is 18.4 Å². The van der Waals surface area contributed by atoms with Gasteiger partial charge in [-0.1, -0.05) is 12.1 Å². The summed E-state index contributed by atoms with van der Waals surface area (Å²) in [6.45, 7) is 5.55. The number of carbonyl (C=O) groups is 3. The molecule has 2 heterocycles. The molecular formula is C23H26N2O4S. The fraction of sp³-hybridized carbons (Fsp3) is 0.435. The van der Waals surface area contributed by atoms with Crippen LogP contribution in [0, 0.1) is 19.8 Å². The van der Waals surface area contributed by atoms with Crippen LogP contribution in [0.1, 0.15) is 62.4 Å². The molecule has 0 atom stereocenters. The molecule has 2 aliphatic rings. The number of rotatable bonds is 6. The molecule has 0 unspecified atom stereocenters. The number of likely N-dealkylation sites (tertiary alicyclic amines) is 1. The van der Waals surface area contributed by atoms with E-state index in [1.165, 1.54) is 11.3 Å². The first-order valence-electron chi connectivity index (χ1n) is 10.4. The van der Waals surface area contributed by atoms with Gasteiger partial charge in [0.15, 0.2) is 0 Å². The molecule has 0 spiro atoms. The zero-order valence-electron chi connectivity index (χ0n) is 17.3. The number of ether oxygens (including phenoxy) is 1. The van der Waals surface area contributed by atoms with Gasteiger partial charge < -0.3 is 15.0 Å². The lowest BCUT2D eigenvalue weighted by Crippen LogP contribution is -2.27. The number of hydrogen-bond acceptors (Lipinski definition) is 5. The Balaban J connectivity index is 1.39. The zero-order valence-corrected chi connectivity index (χ0v) is 18.1. The second kappa shape index (κ2) is 8.60. The largest absolute Gasteiger partial charge is 0.457 e. The molecule has 2 amide bonds. The summed E-state index contributed by atoms with van der Waals surface area (Å²) < 4.78 is 5.53. The minimum Gasteiger partial charge on any atom is -0.457 e. The number of benzene rings is 1. The van der Waals surface area contributed by atoms with Crippen LogP contribution in [0.3, 0.4) is 0 Å². The summed E-state index contributed by atoms with van der Waals surface area (Å²) in [5.41, 5.74) is 2.74. The maximum absolute atomic E-state index is 12.8. The summed E-state index contributed by atoms with van der Waals surface area (Å²) >= 11 is 1.41. The van der Waals surface area contributed by atoms with Crippen LogP contribution in [0.15, 0.2) is 24.3 Å². The molecule has 1 saturated carbocycles. The predicted molar refractivity (Wildman–Crippen MR) is 116 cm³/mol. The summed E-state index contributed by atoms with van der Waals surface area (Å²) in [6.07, 6.45) is 3.94. The second-order valence-electron chi connectivity index (χ2n) is 8.02. The van der Waals surface area contributed by atoms with E-state index in [4.69, 9.17) is 4.74 Å². The lowest BCUT2D eigenvalue weighted by Gasteiger charge is -2.15. The Morgan fingerprint density at radius 2 is 1.77 bits per heavy atom. The maximum Gasteiger partial charge on any atom is 0.341 e. The van der Waals surface area contributed by atoms with Crippen LogP contribution in [-0.2, 0) is 16.1 Å². The lowest BCUT2D eigenvalue weighted by molar-refractivity contribution is -0.117. The van der Waals surface area contributed by atoms with Crippen molar-refractivity contribution in [3.05, 3.63) is 51.4 Å². The first-order valence-corrected chi connectivity index (χ1v) is 11.2. The first-order chi connectivity index (χ1) is 14.4. The van der Waals surface area contributed by atoms with Crippen molar-refractivity contribution in [2.24, 2.45) is 5.92 Å². The highest BCUT2D eigenvalue weighted by atomic mass is 32.1. The van der Waals surface area contributed by atoms with Gasteiger partial charge in [-0.05, 0) is 62.8 Å². The number of carbonyl (C=O) groups excluding carboxylic acids is 3. The number of thiophene rings is 1. The van der Waals surface area contributed by atoms with Crippen molar-refractivity contribution in [1.29, 1.82) is 0 Å². The van der Waals surface area contributed by atoms with Gasteiger partial charge in [-0.25, -0.2) is 4.79 Å². The highest BCUT2D eigenvalue weighted by Gasteiger charge is 2.31. The normalized spacial score (nSPS) is 15.9. The fourth-order valence-corrected chi connectivity index (χ4v) is 4.64. The Kier molecular flexibility index (Phi) is 5.90. The molecule has 2 aromatic rings. The molecule has 1 aromatic carbocycles. The Labute approximate surface area is 180 Å². The molecule has 6 nitrogen and oxygen atoms in total. The van der Waals surface area contributed by atoms with Crippen LogP contribution >= 0.6 is 11.3 Å². The minimum atomic E-state index is -0.444. The number of aryl methyl sites for hydroxylation is 1. The molecule has 0 bridgehead atoms. The molecule has 1 aliphatic heterocycles.